The molecule has 0 fully saturated rings. The van der Waals surface area contributed by atoms with Gasteiger partial charge in [-0.3, -0.25) is 14.8 Å². The standard InChI is InChI=1S/C10H17N3O/c1-10(2,3)13-9(14)7-5-12(4)6-8(7)11-13/h11H,5-6H2,1-4H3. The van der Waals surface area contributed by atoms with Crippen molar-refractivity contribution in [2.75, 3.05) is 7.05 Å². The van der Waals surface area contributed by atoms with E-state index in [1.165, 1.54) is 0 Å². The number of nitrogens with one attached hydrogen (secondary N) is 1. The van der Waals surface area contributed by atoms with E-state index in [1.807, 2.05) is 27.8 Å². The molecule has 78 valence electrons. The first-order valence-electron chi connectivity index (χ1n) is 4.91. The maximum absolute atomic E-state index is 12.0. The van der Waals surface area contributed by atoms with Gasteiger partial charge in [-0.2, -0.15) is 0 Å². The molecule has 4 nitrogen and oxygen atoms in total. The summed E-state index contributed by atoms with van der Waals surface area (Å²) in [7, 11) is 2.02. The lowest BCUT2D eigenvalue weighted by atomic mass is 10.1. The number of rotatable bonds is 0. The van der Waals surface area contributed by atoms with Crippen LogP contribution in [0.25, 0.3) is 0 Å². The van der Waals surface area contributed by atoms with Crippen molar-refractivity contribution in [1.29, 1.82) is 0 Å². The molecule has 0 saturated heterocycles. The third-order valence-corrected chi connectivity index (χ3v) is 2.60. The monoisotopic (exact) mass is 195 g/mol. The lowest BCUT2D eigenvalue weighted by Crippen LogP contribution is -2.34. The molecule has 4 heteroatoms. The zero-order valence-electron chi connectivity index (χ0n) is 9.22. The summed E-state index contributed by atoms with van der Waals surface area (Å²) in [6.45, 7) is 7.72. The molecular weight excluding hydrogens is 178 g/mol. The van der Waals surface area contributed by atoms with Crippen molar-refractivity contribution < 1.29 is 0 Å². The van der Waals surface area contributed by atoms with E-state index >= 15 is 0 Å². The van der Waals surface area contributed by atoms with Crippen LogP contribution in [0, 0.1) is 0 Å². The van der Waals surface area contributed by atoms with Gasteiger partial charge in [0.25, 0.3) is 5.56 Å². The second-order valence-electron chi connectivity index (χ2n) is 5.05. The fourth-order valence-electron chi connectivity index (χ4n) is 1.88. The van der Waals surface area contributed by atoms with E-state index in [0.29, 0.717) is 0 Å². The van der Waals surface area contributed by atoms with Crippen LogP contribution in [0.4, 0.5) is 0 Å². The fraction of sp³-hybridized carbons (Fsp3) is 0.700. The first kappa shape index (κ1) is 9.52. The molecule has 2 heterocycles. The van der Waals surface area contributed by atoms with Crippen LogP contribution in [0.3, 0.4) is 0 Å². The first-order chi connectivity index (χ1) is 6.39. The molecule has 1 aliphatic rings. The van der Waals surface area contributed by atoms with E-state index in [0.717, 1.165) is 24.3 Å². The van der Waals surface area contributed by atoms with Crippen molar-refractivity contribution in [3.8, 4) is 0 Å². The van der Waals surface area contributed by atoms with E-state index in [9.17, 15) is 4.79 Å². The Morgan fingerprint density at radius 3 is 2.43 bits per heavy atom. The highest BCUT2D eigenvalue weighted by Gasteiger charge is 2.26. The Labute approximate surface area is 83.5 Å². The van der Waals surface area contributed by atoms with Crippen LogP contribution in [0.15, 0.2) is 4.79 Å². The zero-order valence-corrected chi connectivity index (χ0v) is 9.22. The molecule has 0 unspecified atom stereocenters. The molecular formula is C10H17N3O. The molecule has 2 rings (SSSR count). The second-order valence-corrected chi connectivity index (χ2v) is 5.05. The molecule has 0 spiro atoms. The lowest BCUT2D eigenvalue weighted by Gasteiger charge is -2.20. The van der Waals surface area contributed by atoms with Crippen molar-refractivity contribution >= 4 is 0 Å². The number of hydrogen-bond donors (Lipinski definition) is 1. The molecule has 0 aliphatic carbocycles. The quantitative estimate of drug-likeness (QED) is 0.667. The van der Waals surface area contributed by atoms with E-state index < -0.39 is 0 Å². The number of nitrogens with zero attached hydrogens (tertiary/aromatic N) is 2. The van der Waals surface area contributed by atoms with Crippen LogP contribution in [0.2, 0.25) is 0 Å². The van der Waals surface area contributed by atoms with Gasteiger partial charge in [-0.05, 0) is 27.8 Å². The van der Waals surface area contributed by atoms with Gasteiger partial charge in [0, 0.05) is 13.1 Å². The van der Waals surface area contributed by atoms with Crippen molar-refractivity contribution in [2.45, 2.75) is 39.4 Å². The van der Waals surface area contributed by atoms with Gasteiger partial charge >= 0.3 is 0 Å². The Morgan fingerprint density at radius 1 is 1.29 bits per heavy atom. The lowest BCUT2D eigenvalue weighted by molar-refractivity contribution is 0.313. The number of fused-ring (bicyclic) bond motifs is 1. The molecule has 0 aromatic carbocycles. The topological polar surface area (TPSA) is 41.0 Å². The van der Waals surface area contributed by atoms with Gasteiger partial charge in [-0.1, -0.05) is 0 Å². The predicted molar refractivity (Wildman–Crippen MR) is 55.2 cm³/mol. The number of aromatic amines is 1. The van der Waals surface area contributed by atoms with Gasteiger partial charge in [-0.25, -0.2) is 4.68 Å². The van der Waals surface area contributed by atoms with Gasteiger partial charge in [0.05, 0.1) is 16.8 Å². The van der Waals surface area contributed by atoms with Crippen LogP contribution in [0.5, 0.6) is 0 Å². The molecule has 0 saturated carbocycles. The van der Waals surface area contributed by atoms with Crippen LogP contribution in [-0.4, -0.2) is 21.7 Å². The minimum absolute atomic E-state index is 0.136. The normalized spacial score (nSPS) is 17.4. The number of aromatic nitrogens is 2. The summed E-state index contributed by atoms with van der Waals surface area (Å²) >= 11 is 0. The zero-order chi connectivity index (χ0) is 10.5. The van der Waals surface area contributed by atoms with Gasteiger partial charge in [0.2, 0.25) is 0 Å². The van der Waals surface area contributed by atoms with Crippen LogP contribution in [0.1, 0.15) is 32.0 Å². The molecule has 1 N–H and O–H groups in total. The SMILES string of the molecule is CN1Cc2[nH]n(C(C)(C)C)c(=O)c2C1. The summed E-state index contributed by atoms with van der Waals surface area (Å²) in [4.78, 5) is 14.1. The van der Waals surface area contributed by atoms with E-state index in [4.69, 9.17) is 0 Å². The average molecular weight is 195 g/mol. The van der Waals surface area contributed by atoms with Gasteiger partial charge in [0.1, 0.15) is 0 Å². The summed E-state index contributed by atoms with van der Waals surface area (Å²) in [6.07, 6.45) is 0. The highest BCUT2D eigenvalue weighted by Crippen LogP contribution is 2.18. The smallest absolute Gasteiger partial charge is 0.271 e. The fourth-order valence-corrected chi connectivity index (χ4v) is 1.88. The van der Waals surface area contributed by atoms with Gasteiger partial charge in [-0.15, -0.1) is 0 Å². The molecule has 0 bridgehead atoms. The minimum atomic E-state index is -0.153. The summed E-state index contributed by atoms with van der Waals surface area (Å²) in [5, 5.41) is 3.19. The first-order valence-corrected chi connectivity index (χ1v) is 4.91. The van der Waals surface area contributed by atoms with Crippen molar-refractivity contribution in [1.82, 2.24) is 14.7 Å². The predicted octanol–water partition coefficient (Wildman–Crippen LogP) is 0.877. The minimum Gasteiger partial charge on any atom is -0.298 e. The number of H-pyrrole nitrogens is 1. The Hall–Kier alpha value is -1.03. The third kappa shape index (κ3) is 1.30. The Kier molecular flexibility index (Phi) is 1.86. The number of hydrogen-bond acceptors (Lipinski definition) is 2. The average Bonchev–Trinajstić information content (AvgIpc) is 2.49. The van der Waals surface area contributed by atoms with Gasteiger partial charge < -0.3 is 0 Å². The molecule has 1 aromatic heterocycles. The maximum Gasteiger partial charge on any atom is 0.271 e. The van der Waals surface area contributed by atoms with Crippen molar-refractivity contribution in [2.24, 2.45) is 0 Å². The molecule has 1 aromatic rings. The molecule has 1 aliphatic heterocycles. The van der Waals surface area contributed by atoms with Crippen LogP contribution < -0.4 is 5.56 Å². The molecule has 0 amide bonds. The summed E-state index contributed by atoms with van der Waals surface area (Å²) < 4.78 is 1.73. The van der Waals surface area contributed by atoms with E-state index in [2.05, 4.69) is 10.00 Å². The van der Waals surface area contributed by atoms with Gasteiger partial charge in [0.15, 0.2) is 0 Å². The van der Waals surface area contributed by atoms with Crippen molar-refractivity contribution in [3.63, 3.8) is 0 Å². The second kappa shape index (κ2) is 2.73. The van der Waals surface area contributed by atoms with Crippen LogP contribution in [-0.2, 0) is 18.6 Å². The summed E-state index contributed by atoms with van der Waals surface area (Å²) in [6, 6.07) is 0. The maximum atomic E-state index is 12.0. The van der Waals surface area contributed by atoms with E-state index in [-0.39, 0.29) is 11.1 Å². The van der Waals surface area contributed by atoms with E-state index in [1.54, 1.807) is 4.68 Å². The Balaban J connectivity index is 2.51. The Morgan fingerprint density at radius 2 is 1.93 bits per heavy atom. The summed E-state index contributed by atoms with van der Waals surface area (Å²) in [5.74, 6) is 0. The third-order valence-electron chi connectivity index (χ3n) is 2.60. The van der Waals surface area contributed by atoms with Crippen molar-refractivity contribution in [3.05, 3.63) is 21.6 Å². The molecule has 14 heavy (non-hydrogen) atoms. The molecule has 0 atom stereocenters. The largest absolute Gasteiger partial charge is 0.298 e. The highest BCUT2D eigenvalue weighted by atomic mass is 16.1. The molecule has 0 radical (unpaired) electrons. The summed E-state index contributed by atoms with van der Waals surface area (Å²) in [5.41, 5.74) is 1.99. The highest BCUT2D eigenvalue weighted by molar-refractivity contribution is 5.21. The Bertz CT molecular complexity index is 408. The van der Waals surface area contributed by atoms with Crippen LogP contribution >= 0.6 is 0 Å².